The van der Waals surface area contributed by atoms with E-state index in [4.69, 9.17) is 16.3 Å². The maximum Gasteiger partial charge on any atom is 0.357 e. The van der Waals surface area contributed by atoms with Crippen LogP contribution < -0.4 is 10.9 Å². The summed E-state index contributed by atoms with van der Waals surface area (Å²) in [6.07, 6.45) is 0. The molecule has 16 heavy (non-hydrogen) atoms. The fraction of sp³-hybridized carbons (Fsp3) is 0.375. The summed E-state index contributed by atoms with van der Waals surface area (Å²) in [6.45, 7) is 2.01. The summed E-state index contributed by atoms with van der Waals surface area (Å²) in [5.74, 6) is -1.02. The SMILES string of the molecule is CCOC(=O)c1csc(NNC(=O)CCl)n1. The van der Waals surface area contributed by atoms with Gasteiger partial charge in [0.15, 0.2) is 5.69 Å². The average Bonchev–Trinajstić information content (AvgIpc) is 2.75. The highest BCUT2D eigenvalue weighted by Crippen LogP contribution is 2.14. The summed E-state index contributed by atoms with van der Waals surface area (Å²) in [5.41, 5.74) is 5.04. The smallest absolute Gasteiger partial charge is 0.357 e. The van der Waals surface area contributed by atoms with E-state index in [0.717, 1.165) is 0 Å². The molecular weight excluding hydrogens is 254 g/mol. The minimum absolute atomic E-state index is 0.150. The van der Waals surface area contributed by atoms with Crippen LogP contribution in [0, 0.1) is 0 Å². The predicted molar refractivity (Wildman–Crippen MR) is 60.6 cm³/mol. The van der Waals surface area contributed by atoms with Crippen LogP contribution in [0.25, 0.3) is 0 Å². The van der Waals surface area contributed by atoms with Gasteiger partial charge >= 0.3 is 5.97 Å². The average molecular weight is 264 g/mol. The zero-order valence-electron chi connectivity index (χ0n) is 8.45. The summed E-state index contributed by atoms with van der Waals surface area (Å²) >= 11 is 6.45. The predicted octanol–water partition coefficient (Wildman–Crippen LogP) is 1.00. The molecule has 0 spiro atoms. The third-order valence-electron chi connectivity index (χ3n) is 1.42. The molecule has 0 radical (unpaired) electrons. The van der Waals surface area contributed by atoms with Crippen LogP contribution in [0.1, 0.15) is 17.4 Å². The van der Waals surface area contributed by atoms with Crippen molar-refractivity contribution in [3.8, 4) is 0 Å². The first-order valence-electron chi connectivity index (χ1n) is 4.40. The standard InChI is InChI=1S/C8H10ClN3O3S/c1-2-15-7(14)5-4-16-8(10-5)12-11-6(13)3-9/h4H,2-3H2,1H3,(H,10,12)(H,11,13). The van der Waals surface area contributed by atoms with E-state index in [-0.39, 0.29) is 17.5 Å². The number of amides is 1. The molecule has 0 saturated carbocycles. The molecule has 8 heteroatoms. The Bertz CT molecular complexity index is 382. The summed E-state index contributed by atoms with van der Waals surface area (Å²) < 4.78 is 4.76. The third-order valence-corrected chi connectivity index (χ3v) is 2.42. The number of nitrogens with zero attached hydrogens (tertiary/aromatic N) is 1. The molecule has 0 atom stereocenters. The van der Waals surface area contributed by atoms with Gasteiger partial charge in [-0.05, 0) is 6.92 Å². The molecule has 0 aromatic carbocycles. The summed E-state index contributed by atoms with van der Waals surface area (Å²) in [4.78, 5) is 26.0. The molecule has 1 heterocycles. The van der Waals surface area contributed by atoms with Crippen LogP contribution in [0.2, 0.25) is 0 Å². The van der Waals surface area contributed by atoms with Crippen molar-refractivity contribution in [2.45, 2.75) is 6.92 Å². The summed E-state index contributed by atoms with van der Waals surface area (Å²) in [5, 5.41) is 1.93. The van der Waals surface area contributed by atoms with Gasteiger partial charge < -0.3 is 4.74 Å². The van der Waals surface area contributed by atoms with Crippen molar-refractivity contribution >= 4 is 39.9 Å². The number of hydrogen-bond acceptors (Lipinski definition) is 6. The second-order valence-corrected chi connectivity index (χ2v) is 3.69. The molecule has 2 N–H and O–H groups in total. The van der Waals surface area contributed by atoms with Gasteiger partial charge in [0.1, 0.15) is 5.88 Å². The minimum Gasteiger partial charge on any atom is -0.461 e. The van der Waals surface area contributed by atoms with Gasteiger partial charge in [-0.2, -0.15) is 0 Å². The first kappa shape index (κ1) is 12.7. The van der Waals surface area contributed by atoms with E-state index in [2.05, 4.69) is 15.8 Å². The third kappa shape index (κ3) is 3.67. The number of rotatable bonds is 5. The zero-order chi connectivity index (χ0) is 12.0. The first-order chi connectivity index (χ1) is 7.67. The second-order valence-electron chi connectivity index (χ2n) is 2.57. The van der Waals surface area contributed by atoms with Crippen molar-refractivity contribution in [1.82, 2.24) is 10.4 Å². The molecule has 0 bridgehead atoms. The number of nitrogens with one attached hydrogen (secondary N) is 2. The van der Waals surface area contributed by atoms with E-state index in [0.29, 0.717) is 11.7 Å². The van der Waals surface area contributed by atoms with Gasteiger partial charge in [0.25, 0.3) is 5.91 Å². The molecule has 0 saturated heterocycles. The van der Waals surface area contributed by atoms with E-state index in [1.165, 1.54) is 16.7 Å². The molecule has 1 rings (SSSR count). The molecule has 1 amide bonds. The molecule has 6 nitrogen and oxygen atoms in total. The molecule has 0 aliphatic carbocycles. The van der Waals surface area contributed by atoms with Crippen LogP contribution in [0.4, 0.5) is 5.13 Å². The molecule has 0 aliphatic heterocycles. The quantitative estimate of drug-likeness (QED) is 0.471. The Morgan fingerprint density at radius 3 is 3.00 bits per heavy atom. The number of carbonyl (C=O) groups is 2. The summed E-state index contributed by atoms with van der Waals surface area (Å²) in [7, 11) is 0. The van der Waals surface area contributed by atoms with Crippen LogP contribution in [-0.2, 0) is 9.53 Å². The van der Waals surface area contributed by atoms with Gasteiger partial charge in [0.05, 0.1) is 6.61 Å². The Balaban J connectivity index is 2.51. The molecule has 1 aromatic rings. The van der Waals surface area contributed by atoms with Crippen LogP contribution in [0.5, 0.6) is 0 Å². The highest BCUT2D eigenvalue weighted by molar-refractivity contribution is 7.13. The van der Waals surface area contributed by atoms with Gasteiger partial charge in [-0.1, -0.05) is 0 Å². The Hall–Kier alpha value is -1.34. The lowest BCUT2D eigenvalue weighted by atomic mass is 10.5. The van der Waals surface area contributed by atoms with Gasteiger partial charge in [0, 0.05) is 5.38 Å². The number of carbonyl (C=O) groups excluding carboxylic acids is 2. The van der Waals surface area contributed by atoms with Crippen molar-refractivity contribution in [3.63, 3.8) is 0 Å². The molecule has 0 unspecified atom stereocenters. The van der Waals surface area contributed by atoms with Crippen molar-refractivity contribution in [3.05, 3.63) is 11.1 Å². The van der Waals surface area contributed by atoms with Gasteiger partial charge in [-0.25, -0.2) is 9.78 Å². The number of thiazole rings is 1. The van der Waals surface area contributed by atoms with Gasteiger partial charge in [-0.15, -0.1) is 22.9 Å². The van der Waals surface area contributed by atoms with Crippen molar-refractivity contribution in [1.29, 1.82) is 0 Å². The largest absolute Gasteiger partial charge is 0.461 e. The lowest BCUT2D eigenvalue weighted by Gasteiger charge is -2.01. The van der Waals surface area contributed by atoms with E-state index in [9.17, 15) is 9.59 Å². The number of halogens is 1. The van der Waals surface area contributed by atoms with Crippen molar-refractivity contribution in [2.24, 2.45) is 0 Å². The topological polar surface area (TPSA) is 80.3 Å². The fourth-order valence-corrected chi connectivity index (χ4v) is 1.49. The molecular formula is C8H10ClN3O3S. The molecule has 88 valence electrons. The second kappa shape index (κ2) is 6.29. The zero-order valence-corrected chi connectivity index (χ0v) is 10.0. The minimum atomic E-state index is -0.490. The lowest BCUT2D eigenvalue weighted by Crippen LogP contribution is -2.30. The van der Waals surface area contributed by atoms with E-state index in [1.54, 1.807) is 6.92 Å². The van der Waals surface area contributed by atoms with Crippen molar-refractivity contribution in [2.75, 3.05) is 17.9 Å². The monoisotopic (exact) mass is 263 g/mol. The Kier molecular flexibility index (Phi) is 5.00. The molecule has 0 fully saturated rings. The lowest BCUT2D eigenvalue weighted by molar-refractivity contribution is -0.118. The van der Waals surface area contributed by atoms with Crippen LogP contribution in [0.3, 0.4) is 0 Å². The van der Waals surface area contributed by atoms with Crippen LogP contribution >= 0.6 is 22.9 Å². The number of hydrazine groups is 1. The van der Waals surface area contributed by atoms with E-state index >= 15 is 0 Å². The molecule has 1 aromatic heterocycles. The Morgan fingerprint density at radius 2 is 2.38 bits per heavy atom. The molecule has 0 aliphatic rings. The van der Waals surface area contributed by atoms with Crippen LogP contribution in [-0.4, -0.2) is 29.3 Å². The fourth-order valence-electron chi connectivity index (χ4n) is 0.787. The number of anilines is 1. The Labute approximate surface area is 101 Å². The van der Waals surface area contributed by atoms with Crippen molar-refractivity contribution < 1.29 is 14.3 Å². The maximum atomic E-state index is 11.2. The van der Waals surface area contributed by atoms with Crippen LogP contribution in [0.15, 0.2) is 5.38 Å². The van der Waals surface area contributed by atoms with Gasteiger partial charge in [-0.3, -0.25) is 15.6 Å². The number of esters is 1. The van der Waals surface area contributed by atoms with E-state index in [1.807, 2.05) is 0 Å². The number of alkyl halides is 1. The Morgan fingerprint density at radius 1 is 1.62 bits per heavy atom. The highest BCUT2D eigenvalue weighted by atomic mass is 35.5. The number of ether oxygens (including phenoxy) is 1. The highest BCUT2D eigenvalue weighted by Gasteiger charge is 2.11. The normalized spacial score (nSPS) is 9.62. The van der Waals surface area contributed by atoms with Gasteiger partial charge in [0.2, 0.25) is 5.13 Å². The first-order valence-corrected chi connectivity index (χ1v) is 5.82. The summed E-state index contributed by atoms with van der Waals surface area (Å²) in [6, 6.07) is 0. The number of hydrogen-bond donors (Lipinski definition) is 2. The number of aromatic nitrogens is 1. The maximum absolute atomic E-state index is 11.2. The van der Waals surface area contributed by atoms with E-state index < -0.39 is 5.97 Å².